The van der Waals surface area contributed by atoms with E-state index in [0.717, 1.165) is 18.5 Å². The highest BCUT2D eigenvalue weighted by molar-refractivity contribution is 7.10. The Bertz CT molecular complexity index is 397. The summed E-state index contributed by atoms with van der Waals surface area (Å²) in [6, 6.07) is 1.88. The van der Waals surface area contributed by atoms with Crippen molar-refractivity contribution in [3.8, 4) is 0 Å². The van der Waals surface area contributed by atoms with Gasteiger partial charge in [-0.05, 0) is 18.4 Å². The second-order valence-corrected chi connectivity index (χ2v) is 4.75. The Kier molecular flexibility index (Phi) is 2.86. The lowest BCUT2D eigenvalue weighted by molar-refractivity contribution is -0.117. The van der Waals surface area contributed by atoms with E-state index in [0.29, 0.717) is 13.0 Å². The summed E-state index contributed by atoms with van der Waals surface area (Å²) in [5.41, 5.74) is 0.829. The minimum Gasteiger partial charge on any atom is -0.338 e. The van der Waals surface area contributed by atoms with Crippen LogP contribution >= 0.6 is 11.3 Å². The van der Waals surface area contributed by atoms with Crippen molar-refractivity contribution >= 4 is 23.0 Å². The topological polar surface area (TPSA) is 37.4 Å². The fourth-order valence-corrected chi connectivity index (χ4v) is 2.60. The molecule has 0 atom stereocenters. The van der Waals surface area contributed by atoms with Crippen molar-refractivity contribution in [2.75, 3.05) is 13.1 Å². The molecule has 0 N–H and O–H groups in total. The van der Waals surface area contributed by atoms with Crippen LogP contribution in [0.15, 0.2) is 11.4 Å². The molecule has 4 heteroatoms. The third-order valence-electron chi connectivity index (χ3n) is 2.61. The van der Waals surface area contributed by atoms with Gasteiger partial charge in [-0.3, -0.25) is 9.59 Å². The van der Waals surface area contributed by atoms with Crippen LogP contribution < -0.4 is 0 Å². The van der Waals surface area contributed by atoms with Crippen LogP contribution in [0.2, 0.25) is 0 Å². The van der Waals surface area contributed by atoms with Crippen LogP contribution in [0, 0.1) is 0 Å². The molecule has 0 fully saturated rings. The van der Waals surface area contributed by atoms with E-state index in [1.807, 2.05) is 11.4 Å². The monoisotopic (exact) mass is 223 g/mol. The van der Waals surface area contributed by atoms with Gasteiger partial charge in [-0.1, -0.05) is 0 Å². The molecule has 2 rings (SSSR count). The van der Waals surface area contributed by atoms with Gasteiger partial charge in [0.25, 0.3) is 5.91 Å². The molecule has 1 amide bonds. The van der Waals surface area contributed by atoms with E-state index < -0.39 is 0 Å². The van der Waals surface area contributed by atoms with Gasteiger partial charge >= 0.3 is 0 Å². The molecule has 0 bridgehead atoms. The molecule has 0 spiro atoms. The smallest absolute Gasteiger partial charge is 0.255 e. The Morgan fingerprint density at radius 1 is 1.60 bits per heavy atom. The van der Waals surface area contributed by atoms with Crippen LogP contribution in [-0.4, -0.2) is 29.7 Å². The number of fused-ring (bicyclic) bond motifs is 1. The second kappa shape index (κ2) is 4.14. The van der Waals surface area contributed by atoms with Crippen molar-refractivity contribution in [3.63, 3.8) is 0 Å². The molecule has 1 aliphatic heterocycles. The average molecular weight is 223 g/mol. The molecule has 1 aromatic heterocycles. The quantitative estimate of drug-likeness (QED) is 0.782. The number of carbonyl (C=O) groups is 2. The van der Waals surface area contributed by atoms with Gasteiger partial charge in [0.05, 0.1) is 5.56 Å². The molecule has 15 heavy (non-hydrogen) atoms. The molecule has 0 unspecified atom stereocenters. The number of hydrogen-bond acceptors (Lipinski definition) is 3. The van der Waals surface area contributed by atoms with E-state index in [2.05, 4.69) is 0 Å². The maximum absolute atomic E-state index is 11.9. The molecule has 1 aromatic rings. The van der Waals surface area contributed by atoms with Crippen molar-refractivity contribution in [3.05, 3.63) is 21.9 Å². The SMILES string of the molecule is CC(=O)CCN1CCc2sccc2C1=O. The number of carbonyl (C=O) groups excluding carboxylic acids is 2. The van der Waals surface area contributed by atoms with E-state index in [1.165, 1.54) is 4.88 Å². The molecule has 0 saturated carbocycles. The Balaban J connectivity index is 2.07. The molecule has 2 heterocycles. The van der Waals surface area contributed by atoms with E-state index in [1.54, 1.807) is 23.2 Å². The highest BCUT2D eigenvalue weighted by Gasteiger charge is 2.24. The maximum atomic E-state index is 11.9. The zero-order valence-electron chi connectivity index (χ0n) is 8.66. The Morgan fingerprint density at radius 3 is 3.13 bits per heavy atom. The summed E-state index contributed by atoms with van der Waals surface area (Å²) in [5, 5.41) is 1.96. The number of hydrogen-bond donors (Lipinski definition) is 0. The standard InChI is InChI=1S/C11H13NO2S/c1-8(13)2-5-12-6-3-10-9(11(12)14)4-7-15-10/h4,7H,2-3,5-6H2,1H3. The van der Waals surface area contributed by atoms with Gasteiger partial charge in [0, 0.05) is 30.8 Å². The van der Waals surface area contributed by atoms with Gasteiger partial charge in [0.1, 0.15) is 5.78 Å². The lowest BCUT2D eigenvalue weighted by Crippen LogP contribution is -2.37. The van der Waals surface area contributed by atoms with Gasteiger partial charge in [-0.25, -0.2) is 0 Å². The Labute approximate surface area is 92.7 Å². The third-order valence-corrected chi connectivity index (χ3v) is 3.59. The van der Waals surface area contributed by atoms with Crippen LogP contribution in [0.25, 0.3) is 0 Å². The Hall–Kier alpha value is -1.16. The minimum absolute atomic E-state index is 0.0822. The zero-order valence-corrected chi connectivity index (χ0v) is 9.47. The summed E-state index contributed by atoms with van der Waals surface area (Å²) in [7, 11) is 0. The van der Waals surface area contributed by atoms with Gasteiger partial charge in [-0.2, -0.15) is 0 Å². The number of Topliss-reactive ketones (excluding diaryl/α,β-unsaturated/α-hetero) is 1. The summed E-state index contributed by atoms with van der Waals surface area (Å²) in [6.07, 6.45) is 1.39. The molecule has 0 aromatic carbocycles. The normalized spacial score (nSPS) is 15.3. The van der Waals surface area contributed by atoms with Gasteiger partial charge in [0.15, 0.2) is 0 Å². The first-order valence-corrected chi connectivity index (χ1v) is 5.91. The fourth-order valence-electron chi connectivity index (χ4n) is 1.74. The predicted octanol–water partition coefficient (Wildman–Crippen LogP) is 1.73. The summed E-state index contributed by atoms with van der Waals surface area (Å²) in [5.74, 6) is 0.220. The van der Waals surface area contributed by atoms with Crippen molar-refractivity contribution in [1.82, 2.24) is 4.90 Å². The summed E-state index contributed by atoms with van der Waals surface area (Å²) < 4.78 is 0. The van der Waals surface area contributed by atoms with Crippen LogP contribution in [0.4, 0.5) is 0 Å². The predicted molar refractivity (Wildman–Crippen MR) is 59.2 cm³/mol. The first-order valence-electron chi connectivity index (χ1n) is 5.03. The Morgan fingerprint density at radius 2 is 2.40 bits per heavy atom. The van der Waals surface area contributed by atoms with Crippen LogP contribution in [0.1, 0.15) is 28.6 Å². The third kappa shape index (κ3) is 2.09. The van der Waals surface area contributed by atoms with E-state index in [-0.39, 0.29) is 11.7 Å². The fraction of sp³-hybridized carbons (Fsp3) is 0.455. The summed E-state index contributed by atoms with van der Waals surface area (Å²) >= 11 is 1.64. The molecule has 0 saturated heterocycles. The van der Waals surface area contributed by atoms with Gasteiger partial charge in [0.2, 0.25) is 0 Å². The lowest BCUT2D eigenvalue weighted by atomic mass is 10.1. The zero-order chi connectivity index (χ0) is 10.8. The van der Waals surface area contributed by atoms with E-state index in [4.69, 9.17) is 0 Å². The highest BCUT2D eigenvalue weighted by atomic mass is 32.1. The van der Waals surface area contributed by atoms with Crippen LogP contribution in [0.3, 0.4) is 0 Å². The van der Waals surface area contributed by atoms with Crippen molar-refractivity contribution < 1.29 is 9.59 Å². The second-order valence-electron chi connectivity index (χ2n) is 3.75. The van der Waals surface area contributed by atoms with Crippen LogP contribution in [-0.2, 0) is 11.2 Å². The summed E-state index contributed by atoms with van der Waals surface area (Å²) in [6.45, 7) is 2.87. The van der Waals surface area contributed by atoms with Crippen LogP contribution in [0.5, 0.6) is 0 Å². The first kappa shape index (κ1) is 10.4. The largest absolute Gasteiger partial charge is 0.338 e. The van der Waals surface area contributed by atoms with E-state index >= 15 is 0 Å². The van der Waals surface area contributed by atoms with E-state index in [9.17, 15) is 9.59 Å². The number of rotatable bonds is 3. The minimum atomic E-state index is 0.0822. The molecular weight excluding hydrogens is 210 g/mol. The molecule has 0 radical (unpaired) electrons. The number of amides is 1. The van der Waals surface area contributed by atoms with Gasteiger partial charge < -0.3 is 4.90 Å². The molecular formula is C11H13NO2S. The van der Waals surface area contributed by atoms with Crippen molar-refractivity contribution in [2.24, 2.45) is 0 Å². The number of ketones is 1. The molecule has 80 valence electrons. The number of thiophene rings is 1. The molecule has 1 aliphatic rings. The summed E-state index contributed by atoms with van der Waals surface area (Å²) in [4.78, 5) is 25.7. The lowest BCUT2D eigenvalue weighted by Gasteiger charge is -2.26. The van der Waals surface area contributed by atoms with Gasteiger partial charge in [-0.15, -0.1) is 11.3 Å². The highest BCUT2D eigenvalue weighted by Crippen LogP contribution is 2.23. The molecule has 3 nitrogen and oxygen atoms in total. The number of nitrogens with zero attached hydrogens (tertiary/aromatic N) is 1. The average Bonchev–Trinajstić information content (AvgIpc) is 2.65. The maximum Gasteiger partial charge on any atom is 0.255 e. The van der Waals surface area contributed by atoms with Crippen molar-refractivity contribution in [1.29, 1.82) is 0 Å². The van der Waals surface area contributed by atoms with Crippen molar-refractivity contribution in [2.45, 2.75) is 19.8 Å². The molecule has 0 aliphatic carbocycles. The first-order chi connectivity index (χ1) is 7.18.